The van der Waals surface area contributed by atoms with Gasteiger partial charge >= 0.3 is 0 Å². The Hall–Kier alpha value is -1.95. The number of nitrogens with zero attached hydrogens (tertiary/aromatic N) is 5. The minimum atomic E-state index is -0.394. The van der Waals surface area contributed by atoms with E-state index in [2.05, 4.69) is 26.0 Å². The van der Waals surface area contributed by atoms with Crippen molar-refractivity contribution in [1.82, 2.24) is 19.7 Å². The lowest BCUT2D eigenvalue weighted by Gasteiger charge is -2.20. The molecule has 1 saturated carbocycles. The summed E-state index contributed by atoms with van der Waals surface area (Å²) in [5, 5.41) is 14.9. The van der Waals surface area contributed by atoms with Gasteiger partial charge < -0.3 is 10.0 Å². The maximum absolute atomic E-state index is 10.3. The number of fused-ring (bicyclic) bond motifs is 1. The molecule has 4 rings (SSSR count). The molecule has 0 radical (unpaired) electrons. The number of rotatable bonds is 3. The van der Waals surface area contributed by atoms with Gasteiger partial charge in [-0.1, -0.05) is 0 Å². The van der Waals surface area contributed by atoms with Gasteiger partial charge in [-0.2, -0.15) is 5.10 Å². The lowest BCUT2D eigenvalue weighted by molar-refractivity contribution is 0.148. The van der Waals surface area contributed by atoms with Crippen molar-refractivity contribution < 1.29 is 5.11 Å². The fraction of sp³-hybridized carbons (Fsp3) is 0.533. The van der Waals surface area contributed by atoms with Gasteiger partial charge in [0.15, 0.2) is 0 Å². The van der Waals surface area contributed by atoms with Crippen molar-refractivity contribution in [3.8, 4) is 0 Å². The van der Waals surface area contributed by atoms with Gasteiger partial charge in [-0.3, -0.25) is 9.67 Å². The number of hydrogen-bond acceptors (Lipinski definition) is 5. The van der Waals surface area contributed by atoms with Crippen molar-refractivity contribution in [3.05, 3.63) is 36.0 Å². The molecular weight excluding hydrogens is 266 g/mol. The molecule has 21 heavy (non-hydrogen) atoms. The highest BCUT2D eigenvalue weighted by Gasteiger charge is 2.33. The Kier molecular flexibility index (Phi) is 3.11. The zero-order valence-electron chi connectivity index (χ0n) is 11.9. The van der Waals surface area contributed by atoms with E-state index >= 15 is 0 Å². The highest BCUT2D eigenvalue weighted by molar-refractivity contribution is 5.36. The van der Waals surface area contributed by atoms with Crippen LogP contribution in [-0.4, -0.2) is 31.4 Å². The number of hydrogen-bond donors (Lipinski definition) is 1. The van der Waals surface area contributed by atoms with Crippen LogP contribution in [0.4, 0.5) is 5.82 Å². The summed E-state index contributed by atoms with van der Waals surface area (Å²) < 4.78 is 2.04. The molecule has 1 aliphatic carbocycles. The van der Waals surface area contributed by atoms with Gasteiger partial charge in [-0.25, -0.2) is 4.98 Å². The molecule has 0 bridgehead atoms. The topological polar surface area (TPSA) is 67.1 Å². The smallest absolute Gasteiger partial charge is 0.147 e. The van der Waals surface area contributed by atoms with Gasteiger partial charge in [0.25, 0.3) is 0 Å². The zero-order chi connectivity index (χ0) is 14.2. The van der Waals surface area contributed by atoms with Crippen LogP contribution in [0.15, 0.2) is 24.7 Å². The minimum absolute atomic E-state index is 0.394. The Balaban J connectivity index is 1.59. The van der Waals surface area contributed by atoms with Crippen LogP contribution < -0.4 is 4.90 Å². The van der Waals surface area contributed by atoms with Gasteiger partial charge in [-0.15, -0.1) is 0 Å². The summed E-state index contributed by atoms with van der Waals surface area (Å²) in [7, 11) is 0. The van der Waals surface area contributed by atoms with E-state index in [0.717, 1.165) is 56.1 Å². The molecule has 3 heterocycles. The Bertz CT molecular complexity index is 622. The summed E-state index contributed by atoms with van der Waals surface area (Å²) in [5.74, 6) is 1.32. The van der Waals surface area contributed by atoms with Crippen LogP contribution in [0.25, 0.3) is 0 Å². The SMILES string of the molecule is O[C@@H](c1cc2n(n1)CCCN(c1cnccn1)C2)C1CC1. The number of aliphatic hydroxyl groups is 1. The summed E-state index contributed by atoms with van der Waals surface area (Å²) in [6.45, 7) is 2.61. The molecular formula is C15H19N5O. The highest BCUT2D eigenvalue weighted by atomic mass is 16.3. The van der Waals surface area contributed by atoms with E-state index in [1.807, 2.05) is 4.68 Å². The van der Waals surface area contributed by atoms with E-state index in [4.69, 9.17) is 0 Å². The second kappa shape index (κ2) is 5.11. The largest absolute Gasteiger partial charge is 0.386 e. The van der Waals surface area contributed by atoms with Crippen molar-refractivity contribution in [3.63, 3.8) is 0 Å². The maximum atomic E-state index is 10.3. The molecule has 1 N–H and O–H groups in total. The van der Waals surface area contributed by atoms with E-state index in [1.165, 1.54) is 0 Å². The molecule has 0 spiro atoms. The Labute approximate surface area is 123 Å². The molecule has 110 valence electrons. The van der Waals surface area contributed by atoms with Crippen molar-refractivity contribution in [2.75, 3.05) is 11.4 Å². The number of anilines is 1. The van der Waals surface area contributed by atoms with Crippen molar-refractivity contribution in [2.24, 2.45) is 5.92 Å². The number of aliphatic hydroxyl groups excluding tert-OH is 1. The van der Waals surface area contributed by atoms with Crippen molar-refractivity contribution in [1.29, 1.82) is 0 Å². The zero-order valence-corrected chi connectivity index (χ0v) is 11.9. The lowest BCUT2D eigenvalue weighted by Crippen LogP contribution is -2.23. The summed E-state index contributed by atoms with van der Waals surface area (Å²) in [6, 6.07) is 2.05. The van der Waals surface area contributed by atoms with E-state index in [1.54, 1.807) is 18.6 Å². The predicted octanol–water partition coefficient (Wildman–Crippen LogP) is 1.53. The third-order valence-corrected chi connectivity index (χ3v) is 4.28. The van der Waals surface area contributed by atoms with Crippen LogP contribution in [0.5, 0.6) is 0 Å². The first-order valence-corrected chi connectivity index (χ1v) is 7.57. The van der Waals surface area contributed by atoms with Gasteiger partial charge in [-0.05, 0) is 31.2 Å². The summed E-state index contributed by atoms with van der Waals surface area (Å²) in [6.07, 6.45) is 8.07. The first-order chi connectivity index (χ1) is 10.3. The van der Waals surface area contributed by atoms with Gasteiger partial charge in [0, 0.05) is 25.5 Å². The first kappa shape index (κ1) is 12.8. The molecule has 0 aromatic carbocycles. The first-order valence-electron chi connectivity index (χ1n) is 7.57. The van der Waals surface area contributed by atoms with Crippen LogP contribution in [0.1, 0.15) is 36.8 Å². The van der Waals surface area contributed by atoms with Crippen LogP contribution in [-0.2, 0) is 13.1 Å². The molecule has 0 saturated heterocycles. The van der Waals surface area contributed by atoms with E-state index in [-0.39, 0.29) is 0 Å². The molecule has 6 nitrogen and oxygen atoms in total. The maximum Gasteiger partial charge on any atom is 0.147 e. The lowest BCUT2D eigenvalue weighted by atomic mass is 10.1. The van der Waals surface area contributed by atoms with Gasteiger partial charge in [0.1, 0.15) is 11.9 Å². The molecule has 2 aliphatic rings. The van der Waals surface area contributed by atoms with Gasteiger partial charge in [0.2, 0.25) is 0 Å². The average Bonchev–Trinajstić information content (AvgIpc) is 3.32. The molecule has 0 amide bonds. The fourth-order valence-corrected chi connectivity index (χ4v) is 2.93. The fourth-order valence-electron chi connectivity index (χ4n) is 2.93. The van der Waals surface area contributed by atoms with Crippen LogP contribution in [0.3, 0.4) is 0 Å². The third-order valence-electron chi connectivity index (χ3n) is 4.28. The van der Waals surface area contributed by atoms with Crippen molar-refractivity contribution in [2.45, 2.75) is 38.5 Å². The second-order valence-corrected chi connectivity index (χ2v) is 5.90. The normalized spacial score (nSPS) is 20.0. The molecule has 2 aromatic heterocycles. The van der Waals surface area contributed by atoms with Gasteiger partial charge in [0.05, 0.1) is 24.1 Å². The monoisotopic (exact) mass is 285 g/mol. The Morgan fingerprint density at radius 3 is 2.90 bits per heavy atom. The third kappa shape index (κ3) is 2.51. The molecule has 1 atom stereocenters. The Morgan fingerprint density at radius 2 is 2.14 bits per heavy atom. The second-order valence-electron chi connectivity index (χ2n) is 5.90. The summed E-state index contributed by atoms with van der Waals surface area (Å²) >= 11 is 0. The van der Waals surface area contributed by atoms with Crippen molar-refractivity contribution >= 4 is 5.82 Å². The van der Waals surface area contributed by atoms with Crippen LogP contribution >= 0.6 is 0 Å². The van der Waals surface area contributed by atoms with Crippen LogP contribution in [0, 0.1) is 5.92 Å². The highest BCUT2D eigenvalue weighted by Crippen LogP contribution is 2.40. The van der Waals surface area contributed by atoms with Crippen LogP contribution in [0.2, 0.25) is 0 Å². The number of aryl methyl sites for hydroxylation is 1. The molecule has 0 unspecified atom stereocenters. The molecule has 2 aromatic rings. The standard InChI is InChI=1S/C15H19N5O/c21-15(11-2-3-11)13-8-12-10-19(6-1-7-20(12)18-13)14-9-16-4-5-17-14/h4-5,8-9,11,15,21H,1-3,6-7,10H2/t15-/m1/s1. The van der Waals surface area contributed by atoms with E-state index < -0.39 is 6.10 Å². The summed E-state index contributed by atoms with van der Waals surface area (Å²) in [5.41, 5.74) is 1.97. The average molecular weight is 285 g/mol. The quantitative estimate of drug-likeness (QED) is 0.926. The minimum Gasteiger partial charge on any atom is -0.386 e. The predicted molar refractivity (Wildman–Crippen MR) is 77.6 cm³/mol. The van der Waals surface area contributed by atoms with E-state index in [0.29, 0.717) is 5.92 Å². The molecule has 1 aliphatic heterocycles. The molecule has 6 heteroatoms. The summed E-state index contributed by atoms with van der Waals surface area (Å²) in [4.78, 5) is 10.7. The Morgan fingerprint density at radius 1 is 1.24 bits per heavy atom. The van der Waals surface area contributed by atoms with E-state index in [9.17, 15) is 5.11 Å². The molecule has 1 fully saturated rings. The number of aromatic nitrogens is 4.